The number of hydrogen-bond donors (Lipinski definition) is 0. The van der Waals surface area contributed by atoms with Gasteiger partial charge in [0, 0.05) is 10.7 Å². The number of methoxy groups -OCH3 is 2. The van der Waals surface area contributed by atoms with E-state index in [0.717, 1.165) is 0 Å². The first-order chi connectivity index (χ1) is 11.3. The maximum absolute atomic E-state index is 12.4. The monoisotopic (exact) mass is 435 g/mol. The average Bonchev–Trinajstić information content (AvgIpc) is 2.56. The van der Waals surface area contributed by atoms with E-state index in [9.17, 15) is 13.2 Å². The molecule has 0 aliphatic carbocycles. The van der Waals surface area contributed by atoms with Crippen LogP contribution in [0.5, 0.6) is 11.5 Å². The van der Waals surface area contributed by atoms with Crippen LogP contribution < -0.4 is 8.92 Å². The van der Waals surface area contributed by atoms with Gasteiger partial charge in [0.15, 0.2) is 16.7 Å². The van der Waals surface area contributed by atoms with Crippen molar-refractivity contribution < 1.29 is 26.9 Å². The summed E-state index contributed by atoms with van der Waals surface area (Å²) in [5, 5.41) is -0.233. The highest BCUT2D eigenvalue weighted by Gasteiger charge is 2.24. The van der Waals surface area contributed by atoms with Crippen molar-refractivity contribution in [3.63, 3.8) is 0 Å². The molecule has 2 aromatic rings. The van der Waals surface area contributed by atoms with Gasteiger partial charge in [-0.25, -0.2) is 9.78 Å². The molecular formula is C14H11BrClNO6S. The highest BCUT2D eigenvalue weighted by molar-refractivity contribution is 9.10. The lowest BCUT2D eigenvalue weighted by Crippen LogP contribution is -2.12. The van der Waals surface area contributed by atoms with E-state index < -0.39 is 16.1 Å². The third-order valence-electron chi connectivity index (χ3n) is 2.83. The molecular weight excluding hydrogens is 426 g/mol. The average molecular weight is 437 g/mol. The summed E-state index contributed by atoms with van der Waals surface area (Å²) in [7, 11) is -1.72. The van der Waals surface area contributed by atoms with Crippen molar-refractivity contribution >= 4 is 43.6 Å². The van der Waals surface area contributed by atoms with Gasteiger partial charge in [-0.3, -0.25) is 0 Å². The minimum atomic E-state index is -4.26. The molecule has 0 fully saturated rings. The number of nitrogens with zero attached hydrogens (tertiary/aromatic N) is 1. The van der Waals surface area contributed by atoms with Gasteiger partial charge in [0.2, 0.25) is 0 Å². The Morgan fingerprint density at radius 3 is 2.54 bits per heavy atom. The third kappa shape index (κ3) is 3.97. The van der Waals surface area contributed by atoms with Crippen molar-refractivity contribution in [2.45, 2.75) is 4.90 Å². The zero-order chi connectivity index (χ0) is 17.9. The Labute approximate surface area is 151 Å². The van der Waals surface area contributed by atoms with Crippen molar-refractivity contribution in [1.29, 1.82) is 0 Å². The summed E-state index contributed by atoms with van der Waals surface area (Å²) in [6, 6.07) is 5.19. The zero-order valence-electron chi connectivity index (χ0n) is 12.4. The number of rotatable bonds is 5. The van der Waals surface area contributed by atoms with Gasteiger partial charge in [0.25, 0.3) is 0 Å². The summed E-state index contributed by atoms with van der Waals surface area (Å²) >= 11 is 8.94. The number of carbonyl (C=O) groups is 1. The summed E-state index contributed by atoms with van der Waals surface area (Å²) in [5.41, 5.74) is 0.182. The minimum Gasteiger partial charge on any atom is -0.493 e. The smallest absolute Gasteiger partial charge is 0.342 e. The largest absolute Gasteiger partial charge is 0.493 e. The van der Waals surface area contributed by atoms with E-state index in [-0.39, 0.29) is 27.1 Å². The molecule has 1 heterocycles. The molecule has 10 heteroatoms. The normalized spacial score (nSPS) is 11.0. The van der Waals surface area contributed by atoms with Crippen LogP contribution in [0, 0.1) is 0 Å². The van der Waals surface area contributed by atoms with Crippen LogP contribution in [0.15, 0.2) is 39.8 Å². The number of aromatic nitrogens is 1. The minimum absolute atomic E-state index is 0.0422. The molecule has 7 nitrogen and oxygen atoms in total. The third-order valence-corrected chi connectivity index (χ3v) is 4.92. The van der Waals surface area contributed by atoms with Crippen molar-refractivity contribution in [1.82, 2.24) is 4.98 Å². The highest BCUT2D eigenvalue weighted by atomic mass is 79.9. The SMILES string of the molecule is COC(=O)c1ccc(OS(=O)(=O)c2cc(Br)cnc2Cl)c(OC)c1. The van der Waals surface area contributed by atoms with Gasteiger partial charge in [0.05, 0.1) is 19.8 Å². The van der Waals surface area contributed by atoms with Gasteiger partial charge in [-0.05, 0) is 40.2 Å². The molecule has 128 valence electrons. The van der Waals surface area contributed by atoms with Gasteiger partial charge in [-0.2, -0.15) is 8.42 Å². The summed E-state index contributed by atoms with van der Waals surface area (Å²) in [5.74, 6) is -0.663. The number of ether oxygens (including phenoxy) is 2. The van der Waals surface area contributed by atoms with E-state index in [2.05, 4.69) is 25.7 Å². The van der Waals surface area contributed by atoms with Crippen molar-refractivity contribution in [2.24, 2.45) is 0 Å². The van der Waals surface area contributed by atoms with Crippen LogP contribution in [-0.4, -0.2) is 33.6 Å². The maximum Gasteiger partial charge on any atom is 0.342 e. The number of esters is 1. The summed E-state index contributed by atoms with van der Waals surface area (Å²) in [6.07, 6.45) is 1.35. The zero-order valence-corrected chi connectivity index (χ0v) is 15.6. The first-order valence-electron chi connectivity index (χ1n) is 6.30. The molecule has 0 saturated heterocycles. The molecule has 1 aromatic heterocycles. The Balaban J connectivity index is 2.43. The van der Waals surface area contributed by atoms with E-state index in [1.807, 2.05) is 0 Å². The Kier molecular flexibility index (Phi) is 5.68. The number of benzene rings is 1. The van der Waals surface area contributed by atoms with Gasteiger partial charge < -0.3 is 13.7 Å². The Morgan fingerprint density at radius 1 is 1.21 bits per heavy atom. The Bertz CT molecular complexity index is 887. The summed E-state index contributed by atoms with van der Waals surface area (Å²) < 4.78 is 39.9. The standard InChI is InChI=1S/C14H11BrClNO6S/c1-21-11-5-8(14(18)22-2)3-4-10(11)23-24(19,20)12-6-9(15)7-17-13(12)16/h3-7H,1-2H3. The second kappa shape index (κ2) is 7.37. The van der Waals surface area contributed by atoms with Crippen LogP contribution in [-0.2, 0) is 14.9 Å². The topological polar surface area (TPSA) is 91.8 Å². The van der Waals surface area contributed by atoms with Crippen molar-refractivity contribution in [2.75, 3.05) is 14.2 Å². The summed E-state index contributed by atoms with van der Waals surface area (Å²) in [6.45, 7) is 0. The molecule has 1 aromatic carbocycles. The molecule has 0 amide bonds. The number of carbonyl (C=O) groups excluding carboxylic acids is 1. The maximum atomic E-state index is 12.4. The Hall–Kier alpha value is -1.84. The first-order valence-corrected chi connectivity index (χ1v) is 8.88. The van der Waals surface area contributed by atoms with Gasteiger partial charge in [-0.1, -0.05) is 11.6 Å². The first kappa shape index (κ1) is 18.5. The van der Waals surface area contributed by atoms with Crippen LogP contribution in [0.1, 0.15) is 10.4 Å². The molecule has 0 N–H and O–H groups in total. The molecule has 0 bridgehead atoms. The van der Waals surface area contributed by atoms with Crippen LogP contribution >= 0.6 is 27.5 Å². The second-order valence-corrected chi connectivity index (χ2v) is 7.13. The lowest BCUT2D eigenvalue weighted by Gasteiger charge is -2.12. The van der Waals surface area contributed by atoms with E-state index in [0.29, 0.717) is 4.47 Å². The van der Waals surface area contributed by atoms with Crippen molar-refractivity contribution in [3.8, 4) is 11.5 Å². The van der Waals surface area contributed by atoms with Gasteiger partial charge >= 0.3 is 16.1 Å². The fourth-order valence-electron chi connectivity index (χ4n) is 1.72. The van der Waals surface area contributed by atoms with Gasteiger partial charge in [-0.15, -0.1) is 0 Å². The van der Waals surface area contributed by atoms with E-state index >= 15 is 0 Å². The highest BCUT2D eigenvalue weighted by Crippen LogP contribution is 2.32. The fraction of sp³-hybridized carbons (Fsp3) is 0.143. The lowest BCUT2D eigenvalue weighted by atomic mass is 10.2. The lowest BCUT2D eigenvalue weighted by molar-refractivity contribution is 0.0600. The van der Waals surface area contributed by atoms with Crippen LogP contribution in [0.3, 0.4) is 0 Å². The fourth-order valence-corrected chi connectivity index (χ4v) is 3.59. The van der Waals surface area contributed by atoms with Crippen LogP contribution in [0.25, 0.3) is 0 Å². The van der Waals surface area contributed by atoms with Gasteiger partial charge in [0.1, 0.15) is 4.90 Å². The molecule has 0 aliphatic heterocycles. The quantitative estimate of drug-likeness (QED) is 0.404. The van der Waals surface area contributed by atoms with E-state index in [4.69, 9.17) is 20.5 Å². The predicted octanol–water partition coefficient (Wildman–Crippen LogP) is 3.06. The molecule has 0 aliphatic rings. The predicted molar refractivity (Wildman–Crippen MR) is 89.1 cm³/mol. The molecule has 2 rings (SSSR count). The van der Waals surface area contributed by atoms with Crippen LogP contribution in [0.2, 0.25) is 5.15 Å². The Morgan fingerprint density at radius 2 is 1.92 bits per heavy atom. The molecule has 0 spiro atoms. The number of pyridine rings is 1. The molecule has 0 unspecified atom stereocenters. The second-order valence-electron chi connectivity index (χ2n) is 4.34. The molecule has 24 heavy (non-hydrogen) atoms. The summed E-state index contributed by atoms with van der Waals surface area (Å²) in [4.78, 5) is 15.0. The molecule has 0 saturated carbocycles. The van der Waals surface area contributed by atoms with E-state index in [1.54, 1.807) is 0 Å². The number of halogens is 2. The van der Waals surface area contributed by atoms with Crippen molar-refractivity contribution in [3.05, 3.63) is 45.7 Å². The molecule has 0 atom stereocenters. The molecule has 0 radical (unpaired) electrons. The van der Waals surface area contributed by atoms with Crippen LogP contribution in [0.4, 0.5) is 0 Å². The number of hydrogen-bond acceptors (Lipinski definition) is 7. The van der Waals surface area contributed by atoms with E-state index in [1.165, 1.54) is 44.7 Å².